The summed E-state index contributed by atoms with van der Waals surface area (Å²) in [5.41, 5.74) is -1.37. The van der Waals surface area contributed by atoms with Gasteiger partial charge in [-0.05, 0) is 62.5 Å². The normalized spacial score (nSPS) is 54.0. The zero-order valence-electron chi connectivity index (χ0n) is 16.4. The molecule has 0 aromatic rings. The van der Waals surface area contributed by atoms with E-state index in [1.54, 1.807) is 12.2 Å². The Morgan fingerprint density at radius 3 is 2.59 bits per heavy atom. The smallest absolute Gasteiger partial charge is 0.178 e. The summed E-state index contributed by atoms with van der Waals surface area (Å²) >= 11 is 14.4. The molecule has 1 unspecified atom stereocenters. The lowest BCUT2D eigenvalue weighted by Crippen LogP contribution is -2.67. The van der Waals surface area contributed by atoms with E-state index >= 15 is 0 Å². The molecule has 4 aliphatic rings. The minimum absolute atomic E-state index is 0.00778. The van der Waals surface area contributed by atoms with Crippen LogP contribution in [0.1, 0.15) is 53.4 Å². The zero-order chi connectivity index (χ0) is 20.0. The maximum atomic E-state index is 12.5. The molecule has 3 saturated carbocycles. The lowest BCUT2D eigenvalue weighted by Gasteiger charge is -2.63. The van der Waals surface area contributed by atoms with E-state index < -0.39 is 26.7 Å². The Morgan fingerprint density at radius 1 is 1.30 bits per heavy atom. The number of carbonyl (C=O) groups excluding carboxylic acids is 2. The van der Waals surface area contributed by atoms with Crippen molar-refractivity contribution in [2.24, 2.45) is 28.6 Å². The first-order valence-electron chi connectivity index (χ1n) is 9.93. The number of allylic oxidation sites excluding steroid dienone is 4. The van der Waals surface area contributed by atoms with Gasteiger partial charge in [0.2, 0.25) is 0 Å². The Hall–Kier alpha value is -0.640. The summed E-state index contributed by atoms with van der Waals surface area (Å²) in [5, 5.41) is 11.1. The molecular formula is C22H28Cl2O3. The highest BCUT2D eigenvalue weighted by atomic mass is 35.5. The number of carbonyl (C=O) groups is 2. The number of fused-ring (bicyclic) bond motifs is 5. The predicted molar refractivity (Wildman–Crippen MR) is 107 cm³/mol. The topological polar surface area (TPSA) is 54.4 Å². The SMILES string of the molecule is CC(=O)[C@@]1(O)[C@@H](C)C[C@H]2[C@@H]3CCC4=CC(=O)C=C[C@]4(C)[C@@]3(Cl)C(Cl)C[C@@]21C. The summed E-state index contributed by atoms with van der Waals surface area (Å²) in [6, 6.07) is 0. The highest BCUT2D eigenvalue weighted by Gasteiger charge is 2.74. The molecule has 0 bridgehead atoms. The van der Waals surface area contributed by atoms with E-state index in [4.69, 9.17) is 23.2 Å². The van der Waals surface area contributed by atoms with Crippen molar-refractivity contribution in [2.45, 2.75) is 69.2 Å². The molecule has 3 nitrogen and oxygen atoms in total. The second-order valence-corrected chi connectivity index (χ2v) is 10.8. The average molecular weight is 411 g/mol. The van der Waals surface area contributed by atoms with Gasteiger partial charge in [0.15, 0.2) is 11.6 Å². The monoisotopic (exact) mass is 410 g/mol. The lowest BCUT2D eigenvalue weighted by atomic mass is 9.46. The first-order chi connectivity index (χ1) is 12.4. The molecule has 0 radical (unpaired) electrons. The van der Waals surface area contributed by atoms with Crippen molar-refractivity contribution < 1.29 is 14.7 Å². The van der Waals surface area contributed by atoms with Crippen LogP contribution in [0.4, 0.5) is 0 Å². The van der Waals surface area contributed by atoms with E-state index in [0.717, 1.165) is 24.8 Å². The molecule has 27 heavy (non-hydrogen) atoms. The van der Waals surface area contributed by atoms with E-state index in [0.29, 0.717) is 6.42 Å². The first kappa shape index (κ1) is 19.7. The summed E-state index contributed by atoms with van der Waals surface area (Å²) in [5.74, 6) is -0.0826. The fraction of sp³-hybridized carbons (Fsp3) is 0.727. The third-order valence-electron chi connectivity index (χ3n) is 8.72. The van der Waals surface area contributed by atoms with Crippen LogP contribution in [0, 0.1) is 28.6 Å². The third kappa shape index (κ3) is 2.09. The highest BCUT2D eigenvalue weighted by Crippen LogP contribution is 2.72. The van der Waals surface area contributed by atoms with Gasteiger partial charge in [-0.15, -0.1) is 23.2 Å². The fourth-order valence-corrected chi connectivity index (χ4v) is 8.46. The zero-order valence-corrected chi connectivity index (χ0v) is 17.9. The van der Waals surface area contributed by atoms with Crippen molar-refractivity contribution in [3.05, 3.63) is 23.8 Å². The number of rotatable bonds is 1. The molecule has 0 saturated heterocycles. The minimum atomic E-state index is -1.36. The average Bonchev–Trinajstić information content (AvgIpc) is 2.79. The number of alkyl halides is 2. The maximum absolute atomic E-state index is 12.5. The number of halogens is 2. The van der Waals surface area contributed by atoms with Crippen LogP contribution in [-0.2, 0) is 9.59 Å². The van der Waals surface area contributed by atoms with Gasteiger partial charge in [0.1, 0.15) is 5.60 Å². The molecule has 0 amide bonds. The van der Waals surface area contributed by atoms with Crippen LogP contribution in [0.3, 0.4) is 0 Å². The second-order valence-electron chi connectivity index (χ2n) is 9.68. The molecule has 0 aromatic heterocycles. The quantitative estimate of drug-likeness (QED) is 0.649. The van der Waals surface area contributed by atoms with E-state index in [1.807, 2.05) is 19.9 Å². The van der Waals surface area contributed by atoms with E-state index in [-0.39, 0.29) is 29.3 Å². The summed E-state index contributed by atoms with van der Waals surface area (Å²) in [6.45, 7) is 7.59. The lowest BCUT2D eigenvalue weighted by molar-refractivity contribution is -0.162. The van der Waals surface area contributed by atoms with Gasteiger partial charge in [-0.1, -0.05) is 32.4 Å². The van der Waals surface area contributed by atoms with Crippen molar-refractivity contribution in [3.8, 4) is 0 Å². The van der Waals surface area contributed by atoms with E-state index in [1.165, 1.54) is 6.92 Å². The van der Waals surface area contributed by atoms with Crippen LogP contribution >= 0.6 is 23.2 Å². The van der Waals surface area contributed by atoms with Crippen LogP contribution in [-0.4, -0.2) is 32.5 Å². The van der Waals surface area contributed by atoms with Crippen LogP contribution < -0.4 is 0 Å². The Kier molecular flexibility index (Phi) is 4.16. The van der Waals surface area contributed by atoms with Crippen molar-refractivity contribution >= 4 is 34.8 Å². The summed E-state index contributed by atoms with van der Waals surface area (Å²) in [4.78, 5) is 23.7. The number of ketones is 2. The highest BCUT2D eigenvalue weighted by molar-refractivity contribution is 6.34. The standard InChI is InChI=1S/C22H28Cl2O3/c1-12-9-17-16-6-5-14-10-15(26)7-8-19(14,3)21(16,24)18(23)11-20(17,4)22(12,27)13(2)25/h7-8,10,12,16-18,27H,5-6,9,11H2,1-4H3/t12-,16-,17-,18?,19-,20-,21-,22-/m0/s1. The van der Waals surface area contributed by atoms with Gasteiger partial charge in [-0.25, -0.2) is 0 Å². The van der Waals surface area contributed by atoms with Crippen molar-refractivity contribution in [1.29, 1.82) is 0 Å². The molecule has 4 aliphatic carbocycles. The molecule has 0 heterocycles. The van der Waals surface area contributed by atoms with Crippen LogP contribution in [0.2, 0.25) is 0 Å². The number of hydrogen-bond acceptors (Lipinski definition) is 3. The summed E-state index contributed by atoms with van der Waals surface area (Å²) in [7, 11) is 0. The van der Waals surface area contributed by atoms with Gasteiger partial charge in [0.05, 0.1) is 10.3 Å². The van der Waals surface area contributed by atoms with Gasteiger partial charge in [0.25, 0.3) is 0 Å². The molecular weight excluding hydrogens is 383 g/mol. The van der Waals surface area contributed by atoms with Gasteiger partial charge in [0, 0.05) is 10.8 Å². The third-order valence-corrected chi connectivity index (χ3v) is 10.3. The van der Waals surface area contributed by atoms with Gasteiger partial charge in [-0.2, -0.15) is 0 Å². The van der Waals surface area contributed by atoms with Crippen LogP contribution in [0.25, 0.3) is 0 Å². The molecule has 0 spiro atoms. The van der Waals surface area contributed by atoms with Crippen LogP contribution in [0.15, 0.2) is 23.8 Å². The van der Waals surface area contributed by atoms with Gasteiger partial charge < -0.3 is 5.11 Å². The summed E-state index contributed by atoms with van der Waals surface area (Å²) in [6.07, 6.45) is 8.16. The van der Waals surface area contributed by atoms with Crippen molar-refractivity contribution in [2.75, 3.05) is 0 Å². The molecule has 0 aliphatic heterocycles. The Labute approximate surface area is 171 Å². The van der Waals surface area contributed by atoms with E-state index in [9.17, 15) is 14.7 Å². The van der Waals surface area contributed by atoms with E-state index in [2.05, 4.69) is 6.92 Å². The molecule has 3 fully saturated rings. The van der Waals surface area contributed by atoms with Crippen molar-refractivity contribution in [3.63, 3.8) is 0 Å². The predicted octanol–water partition coefficient (Wildman–Crippen LogP) is 4.44. The second kappa shape index (κ2) is 5.70. The van der Waals surface area contributed by atoms with Crippen LogP contribution in [0.5, 0.6) is 0 Å². The van der Waals surface area contributed by atoms with Crippen molar-refractivity contribution in [1.82, 2.24) is 0 Å². The molecule has 5 heteroatoms. The molecule has 0 aromatic carbocycles. The van der Waals surface area contributed by atoms with Gasteiger partial charge >= 0.3 is 0 Å². The number of hydrogen-bond donors (Lipinski definition) is 1. The maximum Gasteiger partial charge on any atom is 0.178 e. The minimum Gasteiger partial charge on any atom is -0.381 e. The first-order valence-corrected chi connectivity index (χ1v) is 10.7. The Balaban J connectivity index is 1.85. The number of aliphatic hydroxyl groups is 1. The molecule has 148 valence electrons. The fourth-order valence-electron chi connectivity index (χ4n) is 7.23. The Morgan fingerprint density at radius 2 is 1.96 bits per heavy atom. The van der Waals surface area contributed by atoms with Gasteiger partial charge in [-0.3, -0.25) is 9.59 Å². The Bertz CT molecular complexity index is 788. The molecule has 1 N–H and O–H groups in total. The largest absolute Gasteiger partial charge is 0.381 e. The summed E-state index contributed by atoms with van der Waals surface area (Å²) < 4.78 is 0. The molecule has 4 rings (SSSR count). The number of Topliss-reactive ketones (excluding diaryl/α,β-unsaturated/α-hetero) is 1. The molecule has 8 atom stereocenters.